The van der Waals surface area contributed by atoms with E-state index in [-0.39, 0.29) is 23.5 Å². The highest BCUT2D eigenvalue weighted by molar-refractivity contribution is 6.04. The molecule has 200 valence electrons. The van der Waals surface area contributed by atoms with E-state index in [9.17, 15) is 14.4 Å². The maximum Gasteiger partial charge on any atom is 0.338 e. The van der Waals surface area contributed by atoms with Gasteiger partial charge in [-0.15, -0.1) is 0 Å². The lowest BCUT2D eigenvalue weighted by molar-refractivity contribution is -0.116. The summed E-state index contributed by atoms with van der Waals surface area (Å²) in [5, 5.41) is 2.78. The van der Waals surface area contributed by atoms with E-state index < -0.39 is 11.9 Å². The van der Waals surface area contributed by atoms with Crippen LogP contribution in [0.25, 0.3) is 0 Å². The Kier molecular flexibility index (Phi) is 10.9. The molecule has 1 amide bonds. The number of carbonyl (C=O) groups excluding carboxylic acids is 3. The minimum Gasteiger partial charge on any atom is -0.494 e. The molecule has 0 bridgehead atoms. The number of aryl methyl sites for hydroxylation is 3. The first-order valence-corrected chi connectivity index (χ1v) is 12.8. The highest BCUT2D eigenvalue weighted by Gasteiger charge is 2.19. The van der Waals surface area contributed by atoms with Crippen molar-refractivity contribution in [2.75, 3.05) is 26.1 Å². The molecule has 7 heteroatoms. The molecular formula is C31H35NO6. The summed E-state index contributed by atoms with van der Waals surface area (Å²) in [4.78, 5) is 36.6. The zero-order valence-corrected chi connectivity index (χ0v) is 22.3. The van der Waals surface area contributed by atoms with Gasteiger partial charge in [0.1, 0.15) is 5.75 Å². The molecule has 0 aromatic heterocycles. The van der Waals surface area contributed by atoms with Gasteiger partial charge in [-0.2, -0.15) is 0 Å². The summed E-state index contributed by atoms with van der Waals surface area (Å²) in [6, 6.07) is 20.8. The minimum atomic E-state index is -0.688. The van der Waals surface area contributed by atoms with Gasteiger partial charge in [-0.25, -0.2) is 9.59 Å². The van der Waals surface area contributed by atoms with Crippen molar-refractivity contribution in [1.29, 1.82) is 0 Å². The van der Waals surface area contributed by atoms with Crippen LogP contribution in [0.1, 0.15) is 63.1 Å². The Morgan fingerprint density at radius 1 is 0.763 bits per heavy atom. The average Bonchev–Trinajstić information content (AvgIpc) is 2.94. The third kappa shape index (κ3) is 8.47. The van der Waals surface area contributed by atoms with Crippen LogP contribution in [0, 0.1) is 6.92 Å². The Morgan fingerprint density at radius 2 is 1.50 bits per heavy atom. The summed E-state index contributed by atoms with van der Waals surface area (Å²) in [7, 11) is 2.45. The van der Waals surface area contributed by atoms with Gasteiger partial charge >= 0.3 is 11.9 Å². The second-order valence-electron chi connectivity index (χ2n) is 9.02. The van der Waals surface area contributed by atoms with Gasteiger partial charge in [0.05, 0.1) is 32.0 Å². The molecule has 7 nitrogen and oxygen atoms in total. The molecule has 0 fully saturated rings. The Bertz CT molecular complexity index is 1240. The van der Waals surface area contributed by atoms with Crippen molar-refractivity contribution in [1.82, 2.24) is 0 Å². The summed E-state index contributed by atoms with van der Waals surface area (Å²) in [6.07, 6.45) is 5.18. The number of benzene rings is 3. The third-order valence-corrected chi connectivity index (χ3v) is 6.27. The first-order chi connectivity index (χ1) is 18.4. The second-order valence-corrected chi connectivity index (χ2v) is 9.02. The zero-order valence-electron chi connectivity index (χ0n) is 22.3. The van der Waals surface area contributed by atoms with Gasteiger partial charge < -0.3 is 19.5 Å². The van der Waals surface area contributed by atoms with Crippen LogP contribution < -0.4 is 10.1 Å². The van der Waals surface area contributed by atoms with Gasteiger partial charge in [-0.3, -0.25) is 4.79 Å². The standard InChI is InChI=1S/C31H35NO6/c1-22-20-26(38-19-9-5-8-12-23-10-6-4-7-11-23)16-13-24(22)14-18-29(33)32-25-15-17-27(30(34)36-2)28(21-25)31(35)37-3/h4,6-7,10-11,13,15-17,20-21H,5,8-9,12,14,18-19H2,1-3H3,(H,32,33). The molecule has 3 aromatic carbocycles. The van der Waals surface area contributed by atoms with Crippen molar-refractivity contribution >= 4 is 23.5 Å². The molecule has 0 aliphatic carbocycles. The zero-order chi connectivity index (χ0) is 27.3. The lowest BCUT2D eigenvalue weighted by atomic mass is 10.0. The number of hydrogen-bond acceptors (Lipinski definition) is 6. The maximum absolute atomic E-state index is 12.6. The molecule has 0 spiro atoms. The van der Waals surface area contributed by atoms with Gasteiger partial charge in [-0.05, 0) is 86.1 Å². The summed E-state index contributed by atoms with van der Waals surface area (Å²) >= 11 is 0. The monoisotopic (exact) mass is 517 g/mol. The summed E-state index contributed by atoms with van der Waals surface area (Å²) < 4.78 is 15.4. The Labute approximate surface area is 224 Å². The van der Waals surface area contributed by atoms with Gasteiger partial charge in [0.2, 0.25) is 5.91 Å². The van der Waals surface area contributed by atoms with Crippen LogP contribution in [-0.2, 0) is 27.1 Å². The van der Waals surface area contributed by atoms with E-state index in [1.54, 1.807) is 6.07 Å². The van der Waals surface area contributed by atoms with Crippen LogP contribution in [0.2, 0.25) is 0 Å². The summed E-state index contributed by atoms with van der Waals surface area (Å²) in [5.74, 6) is -0.720. The van der Waals surface area contributed by atoms with E-state index in [1.165, 1.54) is 31.9 Å². The molecule has 3 rings (SSSR count). The predicted octanol–water partition coefficient (Wildman–Crippen LogP) is 5.93. The van der Waals surface area contributed by atoms with Crippen molar-refractivity contribution in [3.8, 4) is 5.75 Å². The number of anilines is 1. The molecule has 0 radical (unpaired) electrons. The molecule has 0 atom stereocenters. The number of esters is 2. The van der Waals surface area contributed by atoms with Gasteiger partial charge in [-0.1, -0.05) is 36.4 Å². The normalized spacial score (nSPS) is 10.5. The molecule has 0 saturated carbocycles. The summed E-state index contributed by atoms with van der Waals surface area (Å²) in [6.45, 7) is 2.69. The molecular weight excluding hydrogens is 482 g/mol. The van der Waals surface area contributed by atoms with Crippen LogP contribution >= 0.6 is 0 Å². The van der Waals surface area contributed by atoms with Crippen LogP contribution in [0.5, 0.6) is 5.75 Å². The Hall–Kier alpha value is -4.13. The SMILES string of the molecule is COC(=O)c1ccc(NC(=O)CCc2ccc(OCCCCCc3ccccc3)cc2C)cc1C(=O)OC. The van der Waals surface area contributed by atoms with Crippen LogP contribution in [0.15, 0.2) is 66.7 Å². The number of rotatable bonds is 13. The third-order valence-electron chi connectivity index (χ3n) is 6.27. The number of unbranched alkanes of at least 4 members (excludes halogenated alkanes) is 2. The van der Waals surface area contributed by atoms with E-state index in [0.29, 0.717) is 18.7 Å². The second kappa shape index (κ2) is 14.6. The van der Waals surface area contributed by atoms with Gasteiger partial charge in [0.15, 0.2) is 0 Å². The largest absolute Gasteiger partial charge is 0.494 e. The number of amides is 1. The van der Waals surface area contributed by atoms with Gasteiger partial charge in [0, 0.05) is 12.1 Å². The van der Waals surface area contributed by atoms with Crippen molar-refractivity contribution in [2.24, 2.45) is 0 Å². The quantitative estimate of drug-likeness (QED) is 0.223. The lowest BCUT2D eigenvalue weighted by Gasteiger charge is -2.12. The van der Waals surface area contributed by atoms with E-state index in [2.05, 4.69) is 29.6 Å². The maximum atomic E-state index is 12.6. The molecule has 0 aliphatic rings. The van der Waals surface area contributed by atoms with Crippen molar-refractivity contribution in [3.05, 3.63) is 94.5 Å². The van der Waals surface area contributed by atoms with E-state index in [4.69, 9.17) is 14.2 Å². The number of carbonyl (C=O) groups is 3. The molecule has 1 N–H and O–H groups in total. The molecule has 0 heterocycles. The molecule has 3 aromatic rings. The number of hydrogen-bond donors (Lipinski definition) is 1. The minimum absolute atomic E-state index is 0.0276. The molecule has 0 unspecified atom stereocenters. The smallest absolute Gasteiger partial charge is 0.338 e. The first kappa shape index (κ1) is 28.4. The van der Waals surface area contributed by atoms with E-state index >= 15 is 0 Å². The number of methoxy groups -OCH3 is 2. The predicted molar refractivity (Wildman–Crippen MR) is 147 cm³/mol. The highest BCUT2D eigenvalue weighted by Crippen LogP contribution is 2.21. The Morgan fingerprint density at radius 3 is 2.21 bits per heavy atom. The van der Waals surface area contributed by atoms with Crippen molar-refractivity contribution < 1.29 is 28.6 Å². The van der Waals surface area contributed by atoms with E-state index in [0.717, 1.165) is 42.6 Å². The molecule has 0 saturated heterocycles. The van der Waals surface area contributed by atoms with Crippen molar-refractivity contribution in [3.63, 3.8) is 0 Å². The van der Waals surface area contributed by atoms with Crippen LogP contribution in [0.4, 0.5) is 5.69 Å². The topological polar surface area (TPSA) is 90.9 Å². The van der Waals surface area contributed by atoms with E-state index in [1.807, 2.05) is 31.2 Å². The molecule has 38 heavy (non-hydrogen) atoms. The highest BCUT2D eigenvalue weighted by atomic mass is 16.5. The van der Waals surface area contributed by atoms with Crippen LogP contribution in [-0.4, -0.2) is 38.7 Å². The Balaban J connectivity index is 1.45. The fraction of sp³-hybridized carbons (Fsp3) is 0.323. The van der Waals surface area contributed by atoms with Crippen molar-refractivity contribution in [2.45, 2.75) is 45.4 Å². The lowest BCUT2D eigenvalue weighted by Crippen LogP contribution is -2.15. The number of nitrogens with one attached hydrogen (secondary N) is 1. The van der Waals surface area contributed by atoms with Crippen LogP contribution in [0.3, 0.4) is 0 Å². The van der Waals surface area contributed by atoms with Gasteiger partial charge in [0.25, 0.3) is 0 Å². The average molecular weight is 518 g/mol. The fourth-order valence-corrected chi connectivity index (χ4v) is 4.14. The first-order valence-electron chi connectivity index (χ1n) is 12.8. The summed E-state index contributed by atoms with van der Waals surface area (Å²) in [5.41, 5.74) is 3.99. The fourth-order valence-electron chi connectivity index (χ4n) is 4.14. The number of ether oxygens (including phenoxy) is 3. The molecule has 0 aliphatic heterocycles.